The van der Waals surface area contributed by atoms with Crippen LogP contribution in [0, 0.1) is 0 Å². The van der Waals surface area contributed by atoms with E-state index in [0.29, 0.717) is 0 Å². The van der Waals surface area contributed by atoms with E-state index in [-0.39, 0.29) is 6.42 Å². The van der Waals surface area contributed by atoms with Gasteiger partial charge in [-0.3, -0.25) is 4.79 Å². The van der Waals surface area contributed by atoms with Crippen LogP contribution < -0.4 is 0 Å². The van der Waals surface area contributed by atoms with E-state index in [4.69, 9.17) is 5.11 Å². The van der Waals surface area contributed by atoms with Gasteiger partial charge in [0.1, 0.15) is 0 Å². The van der Waals surface area contributed by atoms with E-state index >= 15 is 0 Å². The van der Waals surface area contributed by atoms with Crippen molar-refractivity contribution in [3.05, 3.63) is 24.3 Å². The summed E-state index contributed by atoms with van der Waals surface area (Å²) in [6, 6.07) is 0. The predicted octanol–water partition coefficient (Wildman–Crippen LogP) is 7.44. The van der Waals surface area contributed by atoms with Crippen LogP contribution in [0.2, 0.25) is 0 Å². The normalized spacial score (nSPS) is 11.7. The van der Waals surface area contributed by atoms with Crippen LogP contribution in [-0.4, -0.2) is 11.1 Å². The zero-order valence-corrected chi connectivity index (χ0v) is 16.0. The fourth-order valence-electron chi connectivity index (χ4n) is 2.78. The lowest BCUT2D eigenvalue weighted by atomic mass is 10.1. The predicted molar refractivity (Wildman–Crippen MR) is 105 cm³/mol. The van der Waals surface area contributed by atoms with E-state index < -0.39 is 5.97 Å². The second-order valence-corrected chi connectivity index (χ2v) is 6.78. The van der Waals surface area contributed by atoms with Crippen molar-refractivity contribution in [3.8, 4) is 0 Å². The highest BCUT2D eigenvalue weighted by atomic mass is 16.4. The highest BCUT2D eigenvalue weighted by molar-refractivity contribution is 5.66. The summed E-state index contributed by atoms with van der Waals surface area (Å²) in [5.41, 5.74) is 0. The molecule has 0 heterocycles. The Balaban J connectivity index is 3.16. The molecule has 0 radical (unpaired) electrons. The minimum absolute atomic E-state index is 0.281. The lowest BCUT2D eigenvalue weighted by Gasteiger charge is -2.01. The quantitative estimate of drug-likeness (QED) is 0.208. The highest BCUT2D eigenvalue weighted by Gasteiger charge is 1.93. The van der Waals surface area contributed by atoms with Gasteiger partial charge in [0.05, 0.1) is 0 Å². The van der Waals surface area contributed by atoms with Crippen LogP contribution in [0.3, 0.4) is 0 Å². The summed E-state index contributed by atoms with van der Waals surface area (Å²) in [4.78, 5) is 10.3. The maximum Gasteiger partial charge on any atom is 0.303 e. The van der Waals surface area contributed by atoms with Crippen LogP contribution in [-0.2, 0) is 4.79 Å². The van der Waals surface area contributed by atoms with Crippen LogP contribution in [0.1, 0.15) is 110 Å². The van der Waals surface area contributed by atoms with Gasteiger partial charge >= 0.3 is 5.97 Å². The van der Waals surface area contributed by atoms with Crippen LogP contribution in [0.4, 0.5) is 0 Å². The molecule has 0 rings (SSSR count). The van der Waals surface area contributed by atoms with E-state index in [9.17, 15) is 4.79 Å². The van der Waals surface area contributed by atoms with E-state index in [0.717, 1.165) is 25.7 Å². The van der Waals surface area contributed by atoms with Gasteiger partial charge in [0.25, 0.3) is 0 Å². The molecule has 0 fully saturated rings. The second kappa shape index (κ2) is 20.0. The molecule has 24 heavy (non-hydrogen) atoms. The molecule has 1 N–H and O–H groups in total. The van der Waals surface area contributed by atoms with Crippen LogP contribution in [0.5, 0.6) is 0 Å². The minimum atomic E-state index is -0.696. The number of carbonyl (C=O) groups is 1. The Morgan fingerprint density at radius 1 is 0.625 bits per heavy atom. The van der Waals surface area contributed by atoms with Gasteiger partial charge in [-0.1, -0.05) is 89.0 Å². The first-order valence-corrected chi connectivity index (χ1v) is 10.3. The van der Waals surface area contributed by atoms with Gasteiger partial charge in [-0.15, -0.1) is 0 Å². The molecule has 0 spiro atoms. The third-order valence-corrected chi connectivity index (χ3v) is 4.32. The zero-order valence-electron chi connectivity index (χ0n) is 16.0. The second-order valence-electron chi connectivity index (χ2n) is 6.78. The van der Waals surface area contributed by atoms with E-state index in [2.05, 4.69) is 31.2 Å². The first-order chi connectivity index (χ1) is 11.8. The lowest BCUT2D eigenvalue weighted by molar-refractivity contribution is -0.137. The number of hydrogen-bond donors (Lipinski definition) is 1. The number of hydrogen-bond acceptors (Lipinski definition) is 1. The monoisotopic (exact) mass is 336 g/mol. The molecule has 0 aliphatic carbocycles. The number of rotatable bonds is 18. The molecule has 0 atom stereocenters. The fourth-order valence-corrected chi connectivity index (χ4v) is 2.78. The van der Waals surface area contributed by atoms with Crippen molar-refractivity contribution >= 4 is 5.97 Å². The number of carboxylic acid groups (broad SMARTS) is 1. The molecule has 140 valence electrons. The number of aliphatic carboxylic acids is 1. The van der Waals surface area contributed by atoms with Crippen molar-refractivity contribution in [2.75, 3.05) is 0 Å². The van der Waals surface area contributed by atoms with Crippen LogP contribution in [0.25, 0.3) is 0 Å². The summed E-state index contributed by atoms with van der Waals surface area (Å²) in [6.45, 7) is 2.27. The van der Waals surface area contributed by atoms with Crippen molar-refractivity contribution in [2.45, 2.75) is 110 Å². The molecule has 0 aliphatic heterocycles. The van der Waals surface area contributed by atoms with Crippen molar-refractivity contribution in [3.63, 3.8) is 0 Å². The van der Waals surface area contributed by atoms with Crippen LogP contribution in [0.15, 0.2) is 24.3 Å². The van der Waals surface area contributed by atoms with Gasteiger partial charge < -0.3 is 5.11 Å². The van der Waals surface area contributed by atoms with Gasteiger partial charge in [0.15, 0.2) is 0 Å². The maximum absolute atomic E-state index is 10.3. The van der Waals surface area contributed by atoms with Crippen molar-refractivity contribution in [1.82, 2.24) is 0 Å². The largest absolute Gasteiger partial charge is 0.481 e. The van der Waals surface area contributed by atoms with E-state index in [1.54, 1.807) is 0 Å². The molecule has 0 amide bonds. The smallest absolute Gasteiger partial charge is 0.303 e. The molecular formula is C22H40O2. The summed E-state index contributed by atoms with van der Waals surface area (Å²) < 4.78 is 0. The Kier molecular flexibility index (Phi) is 19.1. The van der Waals surface area contributed by atoms with Gasteiger partial charge in [-0.2, -0.15) is 0 Å². The summed E-state index contributed by atoms with van der Waals surface area (Å²) in [7, 11) is 0. The van der Waals surface area contributed by atoms with E-state index in [1.165, 1.54) is 70.6 Å². The third-order valence-electron chi connectivity index (χ3n) is 4.32. The molecule has 0 aromatic heterocycles. The minimum Gasteiger partial charge on any atom is -0.481 e. The highest BCUT2D eigenvalue weighted by Crippen LogP contribution is 2.11. The molecule has 0 saturated carbocycles. The van der Waals surface area contributed by atoms with Gasteiger partial charge in [-0.25, -0.2) is 0 Å². The molecular weight excluding hydrogens is 296 g/mol. The van der Waals surface area contributed by atoms with Crippen molar-refractivity contribution < 1.29 is 9.90 Å². The maximum atomic E-state index is 10.3. The van der Waals surface area contributed by atoms with Gasteiger partial charge in [0.2, 0.25) is 0 Å². The topological polar surface area (TPSA) is 37.3 Å². The Morgan fingerprint density at radius 3 is 1.54 bits per heavy atom. The molecule has 2 nitrogen and oxygen atoms in total. The standard InChI is InChI=1S/C22H40O2/c1-2-3-4-5-6-7-8-9-10-11-12-13-14-15-16-17-18-19-20-21-22(23)24/h13-14,17-18H,2-12,15-16,19-21H2,1H3,(H,23,24). The summed E-state index contributed by atoms with van der Waals surface area (Å²) in [5.74, 6) is -0.696. The van der Waals surface area contributed by atoms with Gasteiger partial charge in [-0.05, 0) is 38.5 Å². The molecule has 2 heteroatoms. The molecule has 0 bridgehead atoms. The summed E-state index contributed by atoms with van der Waals surface area (Å²) in [6.07, 6.45) is 28.2. The molecule has 0 saturated heterocycles. The van der Waals surface area contributed by atoms with Crippen molar-refractivity contribution in [1.29, 1.82) is 0 Å². The Labute approximate surface area is 150 Å². The average molecular weight is 337 g/mol. The SMILES string of the molecule is CCCCCCCCCCCCC=CCCC=CCCCC(=O)O. The molecule has 0 aliphatic rings. The Bertz CT molecular complexity index is 318. The fraction of sp³-hybridized carbons (Fsp3) is 0.773. The van der Waals surface area contributed by atoms with Gasteiger partial charge in [0, 0.05) is 6.42 Å². The van der Waals surface area contributed by atoms with E-state index in [1.807, 2.05) is 0 Å². The molecule has 0 unspecified atom stereocenters. The van der Waals surface area contributed by atoms with Crippen LogP contribution >= 0.6 is 0 Å². The number of unbranched alkanes of at least 4 members (excludes halogenated alkanes) is 12. The molecule has 0 aromatic rings. The average Bonchev–Trinajstić information content (AvgIpc) is 2.56. The Morgan fingerprint density at radius 2 is 1.04 bits per heavy atom. The zero-order chi connectivity index (χ0) is 17.7. The summed E-state index contributed by atoms with van der Waals surface area (Å²) in [5, 5.41) is 8.52. The summed E-state index contributed by atoms with van der Waals surface area (Å²) >= 11 is 0. The molecule has 0 aromatic carbocycles. The first-order valence-electron chi connectivity index (χ1n) is 10.3. The third kappa shape index (κ3) is 20.9. The van der Waals surface area contributed by atoms with Crippen molar-refractivity contribution in [2.24, 2.45) is 0 Å². The first kappa shape index (κ1) is 22.9. The Hall–Kier alpha value is -1.05. The number of allylic oxidation sites excluding steroid dienone is 4. The lowest BCUT2D eigenvalue weighted by Crippen LogP contribution is -1.92. The number of carboxylic acids is 1.